The quantitative estimate of drug-likeness (QED) is 0.171. The van der Waals surface area contributed by atoms with Gasteiger partial charge in [0, 0.05) is 0 Å². The number of hydrogen-bond acceptors (Lipinski definition) is 7. The second-order valence-electron chi connectivity index (χ2n) is 12.1. The van der Waals surface area contributed by atoms with Gasteiger partial charge in [-0.3, -0.25) is 0 Å². The van der Waals surface area contributed by atoms with E-state index in [1.807, 2.05) is 32.9 Å². The van der Waals surface area contributed by atoms with Crippen LogP contribution in [-0.2, 0) is 19.1 Å². The number of nitro benzene ring substituents is 1. The third-order valence-electron chi connectivity index (χ3n) is 8.74. The van der Waals surface area contributed by atoms with Crippen LogP contribution in [0, 0.1) is 39.2 Å². The van der Waals surface area contributed by atoms with E-state index in [2.05, 4.69) is 25.2 Å². The number of fused-ring (bicyclic) bond motifs is 1. The zero-order valence-electron chi connectivity index (χ0n) is 23.8. The summed E-state index contributed by atoms with van der Waals surface area (Å²) in [5.41, 5.74) is 0.727. The molecule has 4 rings (SSSR count). The number of para-hydroxylation sites is 1. The number of benzene rings is 1. The number of cyclic esters (lactones) is 1. The first-order chi connectivity index (χ1) is 19.0. The zero-order valence-corrected chi connectivity index (χ0v) is 25.5. The fraction of sp³-hybridized carbons (Fsp3) is 0.613. The van der Waals surface area contributed by atoms with E-state index in [1.54, 1.807) is 12.1 Å². The Morgan fingerprint density at radius 3 is 2.70 bits per heavy atom. The molecule has 3 aliphatic rings. The van der Waals surface area contributed by atoms with Crippen LogP contribution >= 0.6 is 0 Å². The molecule has 0 saturated carbocycles. The number of nitro groups is 1. The Morgan fingerprint density at radius 2 is 2.00 bits per heavy atom. The van der Waals surface area contributed by atoms with E-state index in [0.717, 1.165) is 21.8 Å². The van der Waals surface area contributed by atoms with E-state index < -0.39 is 11.5 Å². The van der Waals surface area contributed by atoms with Crippen molar-refractivity contribution in [2.24, 2.45) is 29.1 Å². The van der Waals surface area contributed by atoms with Gasteiger partial charge in [-0.1, -0.05) is 0 Å². The van der Waals surface area contributed by atoms with Crippen molar-refractivity contribution < 1.29 is 29.1 Å². The van der Waals surface area contributed by atoms with Gasteiger partial charge in [-0.05, 0) is 0 Å². The first kappa shape index (κ1) is 30.5. The van der Waals surface area contributed by atoms with E-state index in [4.69, 9.17) is 9.47 Å². The predicted octanol–water partition coefficient (Wildman–Crippen LogP) is 4.92. The summed E-state index contributed by atoms with van der Waals surface area (Å²) in [6, 6.07) is 6.93. The summed E-state index contributed by atoms with van der Waals surface area (Å²) < 4.78 is 12.6. The second kappa shape index (κ2) is 13.0. The molecule has 2 aliphatic carbocycles. The van der Waals surface area contributed by atoms with Crippen molar-refractivity contribution in [1.29, 1.82) is 0 Å². The fourth-order valence-corrected chi connectivity index (χ4v) is 8.29. The average molecular weight is 619 g/mol. The van der Waals surface area contributed by atoms with Crippen LogP contribution in [0.4, 0.5) is 5.69 Å². The number of allylic oxidation sites excluding steroid dienone is 3. The van der Waals surface area contributed by atoms with Gasteiger partial charge in [0.1, 0.15) is 0 Å². The summed E-state index contributed by atoms with van der Waals surface area (Å²) in [5, 5.41) is 22.4. The minimum atomic E-state index is -0.659. The van der Waals surface area contributed by atoms with E-state index >= 15 is 0 Å². The molecule has 0 spiro atoms. The molecule has 1 aromatic carbocycles. The number of carbonyl (C=O) groups is 2. The van der Waals surface area contributed by atoms with Gasteiger partial charge in [-0.25, -0.2) is 0 Å². The summed E-state index contributed by atoms with van der Waals surface area (Å²) in [6.07, 6.45) is 8.68. The number of carbonyl (C=O) groups excluding carboxylic acids is 2. The van der Waals surface area contributed by atoms with Gasteiger partial charge in [0.25, 0.3) is 0 Å². The van der Waals surface area contributed by atoms with Gasteiger partial charge in [-0.15, -0.1) is 0 Å². The molecule has 1 fully saturated rings. The minimum absolute atomic E-state index is 0.0237. The van der Waals surface area contributed by atoms with Crippen LogP contribution in [0.2, 0.25) is 5.32 Å². The molecule has 1 aliphatic heterocycles. The Hall–Kier alpha value is -2.48. The molecule has 1 unspecified atom stereocenters. The molecule has 1 aromatic rings. The van der Waals surface area contributed by atoms with Gasteiger partial charge >= 0.3 is 243 Å². The second-order valence-corrected chi connectivity index (χ2v) is 14.3. The summed E-state index contributed by atoms with van der Waals surface area (Å²) >= 11 is -0.105. The molecule has 9 heteroatoms. The fourth-order valence-electron chi connectivity index (χ4n) is 6.00. The maximum absolute atomic E-state index is 13.3. The van der Waals surface area contributed by atoms with E-state index in [0.29, 0.717) is 25.7 Å². The number of aliphatic hydroxyl groups is 1. The van der Waals surface area contributed by atoms with Gasteiger partial charge in [-0.2, -0.15) is 0 Å². The molecule has 40 heavy (non-hydrogen) atoms. The molecule has 1 heterocycles. The molecule has 218 valence electrons. The van der Waals surface area contributed by atoms with Gasteiger partial charge in [0.05, 0.1) is 0 Å². The number of hydrogen-bond donors (Lipinski definition) is 1. The van der Waals surface area contributed by atoms with E-state index in [-0.39, 0.29) is 79.8 Å². The first-order valence-electron chi connectivity index (χ1n) is 14.3. The van der Waals surface area contributed by atoms with Crippen molar-refractivity contribution in [1.82, 2.24) is 0 Å². The van der Waals surface area contributed by atoms with E-state index in [1.165, 1.54) is 0 Å². The molecule has 0 bridgehead atoms. The van der Waals surface area contributed by atoms with Crippen molar-refractivity contribution in [3.05, 3.63) is 58.2 Å². The molecule has 8 nitrogen and oxygen atoms in total. The van der Waals surface area contributed by atoms with Crippen LogP contribution < -0.4 is 4.46 Å². The van der Waals surface area contributed by atoms with Crippen molar-refractivity contribution in [3.8, 4) is 0 Å². The van der Waals surface area contributed by atoms with Gasteiger partial charge in [0.15, 0.2) is 0 Å². The molecule has 1 saturated heterocycles. The molecule has 7 atom stereocenters. The third kappa shape index (κ3) is 7.23. The average Bonchev–Trinajstić information content (AvgIpc) is 2.91. The Labute approximate surface area is 242 Å². The Bertz CT molecular complexity index is 1160. The van der Waals surface area contributed by atoms with Crippen molar-refractivity contribution >= 4 is 37.0 Å². The SMILES string of the molecule is CCC(C)(C)C(=O)O[C@H]1CC(C[Se]c2ccccc2[N+](=O)[O-])C=C2C=C[C@H](C)[C@H](CC[C@@H]3C[C@@H](O)CC(=O)O3)[C@H]21. The summed E-state index contributed by atoms with van der Waals surface area (Å²) in [7, 11) is 0. The number of esters is 2. The molecule has 1 N–H and O–H groups in total. The molecular formula is C31H41NO7Se. The monoisotopic (exact) mass is 619 g/mol. The van der Waals surface area contributed by atoms with Crippen molar-refractivity contribution in [2.45, 2.75) is 89.9 Å². The molecule has 0 aromatic heterocycles. The summed E-state index contributed by atoms with van der Waals surface area (Å²) in [4.78, 5) is 36.4. The number of nitrogens with zero attached hydrogens (tertiary/aromatic N) is 1. The van der Waals surface area contributed by atoms with Crippen LogP contribution in [-0.4, -0.2) is 55.2 Å². The zero-order chi connectivity index (χ0) is 29.0. The molecular weight excluding hydrogens is 577 g/mol. The molecule has 0 amide bonds. The van der Waals surface area contributed by atoms with Crippen LogP contribution in [0.25, 0.3) is 0 Å². The number of aliphatic hydroxyl groups excluding tert-OH is 1. The van der Waals surface area contributed by atoms with E-state index in [9.17, 15) is 24.8 Å². The van der Waals surface area contributed by atoms with Crippen molar-refractivity contribution in [3.63, 3.8) is 0 Å². The van der Waals surface area contributed by atoms with Gasteiger partial charge in [0.2, 0.25) is 0 Å². The Kier molecular flexibility index (Phi) is 9.91. The maximum atomic E-state index is 13.3. The topological polar surface area (TPSA) is 116 Å². The number of ether oxygens (including phenoxy) is 2. The summed E-state index contributed by atoms with van der Waals surface area (Å²) in [5.74, 6) is 0.0557. The van der Waals surface area contributed by atoms with Crippen molar-refractivity contribution in [2.75, 3.05) is 0 Å². The summed E-state index contributed by atoms with van der Waals surface area (Å²) in [6.45, 7) is 7.99. The first-order valence-corrected chi connectivity index (χ1v) is 16.4. The van der Waals surface area contributed by atoms with Crippen LogP contribution in [0.15, 0.2) is 48.1 Å². The Balaban J connectivity index is 1.56. The Morgan fingerprint density at radius 1 is 1.25 bits per heavy atom. The molecule has 0 radical (unpaired) electrons. The predicted molar refractivity (Wildman–Crippen MR) is 153 cm³/mol. The standard InChI is InChI=1S/C31H41NO7Se/c1-5-31(3,4)30(35)39-26-15-20(18-40-27-9-7-6-8-25(27)32(36)37)14-21-11-10-19(2)24(29(21)26)13-12-23-16-22(33)17-28(34)38-23/h6-11,14,19-20,22-24,26,29,33H,5,12-13,15-18H2,1-4H3/t19-,20?,22+,23+,24-,26-,29-/m0/s1. The van der Waals surface area contributed by atoms with Crippen LogP contribution in [0.1, 0.15) is 66.2 Å². The third-order valence-corrected chi connectivity index (χ3v) is 11.4. The number of rotatable bonds is 10. The van der Waals surface area contributed by atoms with Crippen LogP contribution in [0.5, 0.6) is 0 Å². The van der Waals surface area contributed by atoms with Crippen LogP contribution in [0.3, 0.4) is 0 Å². The normalized spacial score (nSPS) is 30.2. The van der Waals surface area contributed by atoms with Gasteiger partial charge < -0.3 is 0 Å².